The number of hydrogen-bond acceptors (Lipinski definition) is 6. The molecule has 2 aromatic rings. The van der Waals surface area contributed by atoms with E-state index in [0.717, 1.165) is 44.2 Å². The molecule has 8 nitrogen and oxygen atoms in total. The number of nitrogens with zero attached hydrogens (tertiary/aromatic N) is 5. The second-order valence-electron chi connectivity index (χ2n) is 8.93. The van der Waals surface area contributed by atoms with Gasteiger partial charge in [-0.25, -0.2) is 0 Å². The molecular weight excluding hydrogens is 394 g/mol. The quantitative estimate of drug-likeness (QED) is 0.750. The Morgan fingerprint density at radius 1 is 0.968 bits per heavy atom. The van der Waals surface area contributed by atoms with E-state index < -0.39 is 0 Å². The van der Waals surface area contributed by atoms with Gasteiger partial charge in [-0.15, -0.1) is 0 Å². The van der Waals surface area contributed by atoms with Crippen LogP contribution in [0.25, 0.3) is 11.5 Å². The Morgan fingerprint density at radius 2 is 1.74 bits per heavy atom. The second-order valence-corrected chi connectivity index (χ2v) is 8.93. The van der Waals surface area contributed by atoms with Crippen LogP contribution >= 0.6 is 0 Å². The molecular formula is C23H29N5O3. The Labute approximate surface area is 182 Å². The molecule has 1 saturated carbocycles. The fourth-order valence-electron chi connectivity index (χ4n) is 4.69. The average molecular weight is 424 g/mol. The van der Waals surface area contributed by atoms with Gasteiger partial charge >= 0.3 is 0 Å². The Hall–Kier alpha value is -2.74. The van der Waals surface area contributed by atoms with Gasteiger partial charge in [-0.1, -0.05) is 11.6 Å². The van der Waals surface area contributed by atoms with E-state index in [9.17, 15) is 9.59 Å². The van der Waals surface area contributed by atoms with E-state index in [1.54, 1.807) is 24.0 Å². The molecule has 8 heteroatoms. The van der Waals surface area contributed by atoms with Gasteiger partial charge in [0.1, 0.15) is 0 Å². The van der Waals surface area contributed by atoms with Crippen LogP contribution < -0.4 is 0 Å². The Bertz CT molecular complexity index is 946. The monoisotopic (exact) mass is 423 g/mol. The van der Waals surface area contributed by atoms with Crippen molar-refractivity contribution in [1.29, 1.82) is 0 Å². The van der Waals surface area contributed by atoms with Crippen LogP contribution in [0.15, 0.2) is 28.8 Å². The molecule has 2 saturated heterocycles. The molecule has 2 aliphatic heterocycles. The highest BCUT2D eigenvalue weighted by molar-refractivity contribution is 5.96. The number of likely N-dealkylation sites (tertiary alicyclic amines) is 1. The van der Waals surface area contributed by atoms with Gasteiger partial charge in [0.15, 0.2) is 5.82 Å². The summed E-state index contributed by atoms with van der Waals surface area (Å²) < 4.78 is 5.17. The molecule has 5 rings (SSSR count). The SMILES string of the molecule is Cc1noc(-c2ccc(C(=O)N3CC(C(=O)N4CCCN(C5CCC5)CC4)C3)cc2)n1. The molecule has 0 N–H and O–H groups in total. The highest BCUT2D eigenvalue weighted by Crippen LogP contribution is 2.27. The fourth-order valence-corrected chi connectivity index (χ4v) is 4.69. The maximum absolute atomic E-state index is 12.9. The molecule has 0 spiro atoms. The van der Waals surface area contributed by atoms with Crippen molar-refractivity contribution in [2.24, 2.45) is 5.92 Å². The standard InChI is InChI=1S/C23H29N5O3/c1-16-24-21(31-25-16)17-6-8-18(9-7-17)22(29)28-14-19(15-28)23(30)27-11-3-10-26(12-13-27)20-4-2-5-20/h6-9,19-20H,2-5,10-15H2,1H3. The third-order valence-corrected chi connectivity index (χ3v) is 6.86. The van der Waals surface area contributed by atoms with Crippen LogP contribution in [-0.4, -0.2) is 82.0 Å². The van der Waals surface area contributed by atoms with Gasteiger partial charge in [0, 0.05) is 56.4 Å². The van der Waals surface area contributed by atoms with E-state index in [0.29, 0.717) is 30.4 Å². The third-order valence-electron chi connectivity index (χ3n) is 6.86. The number of carbonyl (C=O) groups excluding carboxylic acids is 2. The van der Waals surface area contributed by atoms with Crippen LogP contribution in [0.4, 0.5) is 0 Å². The van der Waals surface area contributed by atoms with Crippen molar-refractivity contribution in [3.8, 4) is 11.5 Å². The lowest BCUT2D eigenvalue weighted by atomic mass is 9.91. The summed E-state index contributed by atoms with van der Waals surface area (Å²) in [6.45, 7) is 6.51. The van der Waals surface area contributed by atoms with Crippen LogP contribution in [0.5, 0.6) is 0 Å². The first-order valence-corrected chi connectivity index (χ1v) is 11.3. The summed E-state index contributed by atoms with van der Waals surface area (Å²) in [5.74, 6) is 1.12. The minimum atomic E-state index is -0.0696. The number of benzene rings is 1. The first-order valence-electron chi connectivity index (χ1n) is 11.3. The van der Waals surface area contributed by atoms with Crippen LogP contribution in [0.3, 0.4) is 0 Å². The maximum Gasteiger partial charge on any atom is 0.257 e. The van der Waals surface area contributed by atoms with Crippen molar-refractivity contribution >= 4 is 11.8 Å². The summed E-state index contributed by atoms with van der Waals surface area (Å²) in [7, 11) is 0. The van der Waals surface area contributed by atoms with E-state index in [2.05, 4.69) is 15.0 Å². The zero-order chi connectivity index (χ0) is 21.4. The van der Waals surface area contributed by atoms with Gasteiger partial charge in [0.2, 0.25) is 5.91 Å². The Balaban J connectivity index is 1.13. The van der Waals surface area contributed by atoms with Crippen molar-refractivity contribution in [1.82, 2.24) is 24.8 Å². The van der Waals surface area contributed by atoms with Crippen molar-refractivity contribution in [3.63, 3.8) is 0 Å². The molecule has 0 unspecified atom stereocenters. The lowest BCUT2D eigenvalue weighted by Gasteiger charge is -2.40. The number of aryl methyl sites for hydroxylation is 1. The van der Waals surface area contributed by atoms with Crippen molar-refractivity contribution in [3.05, 3.63) is 35.7 Å². The zero-order valence-corrected chi connectivity index (χ0v) is 18.0. The number of rotatable bonds is 4. The predicted molar refractivity (Wildman–Crippen MR) is 114 cm³/mol. The summed E-state index contributed by atoms with van der Waals surface area (Å²) in [4.78, 5) is 36.3. The molecule has 3 aliphatic rings. The van der Waals surface area contributed by atoms with Crippen molar-refractivity contribution in [2.45, 2.75) is 38.6 Å². The first kappa shape index (κ1) is 20.2. The van der Waals surface area contributed by atoms with Crippen LogP contribution in [-0.2, 0) is 4.79 Å². The van der Waals surface area contributed by atoms with Crippen molar-refractivity contribution in [2.75, 3.05) is 39.3 Å². The van der Waals surface area contributed by atoms with Gasteiger partial charge in [0.25, 0.3) is 11.8 Å². The molecule has 1 aromatic heterocycles. The molecule has 1 aromatic carbocycles. The zero-order valence-electron chi connectivity index (χ0n) is 18.0. The Kier molecular flexibility index (Phi) is 5.48. The normalized spacial score (nSPS) is 20.8. The Morgan fingerprint density at radius 3 is 2.39 bits per heavy atom. The van der Waals surface area contributed by atoms with Crippen LogP contribution in [0.2, 0.25) is 0 Å². The molecule has 3 heterocycles. The average Bonchev–Trinajstić information content (AvgIpc) is 2.99. The first-order chi connectivity index (χ1) is 15.1. The van der Waals surface area contributed by atoms with E-state index in [1.807, 2.05) is 17.0 Å². The summed E-state index contributed by atoms with van der Waals surface area (Å²) in [5.41, 5.74) is 1.39. The number of carbonyl (C=O) groups is 2. The second kappa shape index (κ2) is 8.42. The largest absolute Gasteiger partial charge is 0.341 e. The van der Waals surface area contributed by atoms with E-state index >= 15 is 0 Å². The maximum atomic E-state index is 12.9. The molecule has 0 bridgehead atoms. The number of aromatic nitrogens is 2. The molecule has 0 atom stereocenters. The lowest BCUT2D eigenvalue weighted by molar-refractivity contribution is -0.139. The lowest BCUT2D eigenvalue weighted by Crippen LogP contribution is -2.56. The molecule has 31 heavy (non-hydrogen) atoms. The molecule has 1 aliphatic carbocycles. The van der Waals surface area contributed by atoms with E-state index in [-0.39, 0.29) is 17.7 Å². The van der Waals surface area contributed by atoms with E-state index in [4.69, 9.17) is 4.52 Å². The minimum absolute atomic E-state index is 0.0377. The van der Waals surface area contributed by atoms with Crippen molar-refractivity contribution < 1.29 is 14.1 Å². The number of amides is 2. The van der Waals surface area contributed by atoms with Gasteiger partial charge in [-0.2, -0.15) is 4.98 Å². The minimum Gasteiger partial charge on any atom is -0.341 e. The van der Waals surface area contributed by atoms with Gasteiger partial charge < -0.3 is 14.3 Å². The predicted octanol–water partition coefficient (Wildman–Crippen LogP) is 2.20. The van der Waals surface area contributed by atoms with E-state index in [1.165, 1.54) is 19.3 Å². The van der Waals surface area contributed by atoms with Crippen LogP contribution in [0.1, 0.15) is 41.9 Å². The summed E-state index contributed by atoms with van der Waals surface area (Å²) >= 11 is 0. The van der Waals surface area contributed by atoms with Gasteiger partial charge in [0.05, 0.1) is 5.92 Å². The summed E-state index contributed by atoms with van der Waals surface area (Å²) in [5, 5.41) is 3.79. The summed E-state index contributed by atoms with van der Waals surface area (Å²) in [6, 6.07) is 7.91. The smallest absolute Gasteiger partial charge is 0.257 e. The highest BCUT2D eigenvalue weighted by atomic mass is 16.5. The van der Waals surface area contributed by atoms with Gasteiger partial charge in [-0.3, -0.25) is 14.5 Å². The molecule has 164 valence electrons. The van der Waals surface area contributed by atoms with Crippen LogP contribution in [0, 0.1) is 12.8 Å². The highest BCUT2D eigenvalue weighted by Gasteiger charge is 2.39. The van der Waals surface area contributed by atoms with Gasteiger partial charge in [-0.05, 0) is 50.5 Å². The molecule has 3 fully saturated rings. The molecule has 0 radical (unpaired) electrons. The topological polar surface area (TPSA) is 82.8 Å². The fraction of sp³-hybridized carbons (Fsp3) is 0.565. The third kappa shape index (κ3) is 4.08. The number of hydrogen-bond donors (Lipinski definition) is 0. The molecule has 2 amide bonds. The summed E-state index contributed by atoms with van der Waals surface area (Å²) in [6.07, 6.45) is 5.00.